The van der Waals surface area contributed by atoms with Gasteiger partial charge in [0.1, 0.15) is 5.75 Å². The van der Waals surface area contributed by atoms with Gasteiger partial charge in [-0.15, -0.1) is 0 Å². The number of methoxy groups -OCH3 is 3. The van der Waals surface area contributed by atoms with E-state index in [4.69, 9.17) is 14.2 Å². The molecule has 0 spiro atoms. The van der Waals surface area contributed by atoms with Gasteiger partial charge in [-0.25, -0.2) is 0 Å². The van der Waals surface area contributed by atoms with Crippen molar-refractivity contribution in [2.75, 3.05) is 52.4 Å². The van der Waals surface area contributed by atoms with Crippen molar-refractivity contribution in [2.45, 2.75) is 0 Å². The van der Waals surface area contributed by atoms with E-state index in [2.05, 4.69) is 22.0 Å². The molecular formula is C22H25N3O4. The van der Waals surface area contributed by atoms with Crippen LogP contribution in [0.15, 0.2) is 42.6 Å². The van der Waals surface area contributed by atoms with E-state index in [1.165, 1.54) is 0 Å². The molecule has 0 saturated carbocycles. The fraction of sp³-hybridized carbons (Fsp3) is 0.318. The van der Waals surface area contributed by atoms with Crippen molar-refractivity contribution in [2.24, 2.45) is 0 Å². The standard InChI is InChI=1S/C22H25N3O4/c1-27-16-6-4-15(5-7-16)24-8-10-25(11-9-24)22(26)18-14-23-19-13-21(29-3)20(28-2)12-17(18)19/h4-7,12-14,23H,8-11H2,1-3H3. The minimum absolute atomic E-state index is 0.0258. The predicted molar refractivity (Wildman–Crippen MR) is 113 cm³/mol. The van der Waals surface area contributed by atoms with Crippen LogP contribution in [0.2, 0.25) is 0 Å². The van der Waals surface area contributed by atoms with Crippen molar-refractivity contribution in [1.82, 2.24) is 9.88 Å². The number of nitrogens with zero attached hydrogens (tertiary/aromatic N) is 2. The van der Waals surface area contributed by atoms with Crippen LogP contribution in [0, 0.1) is 0 Å². The molecule has 152 valence electrons. The summed E-state index contributed by atoms with van der Waals surface area (Å²) in [5.41, 5.74) is 2.64. The van der Waals surface area contributed by atoms with Crippen LogP contribution in [0.25, 0.3) is 10.9 Å². The molecule has 29 heavy (non-hydrogen) atoms. The van der Waals surface area contributed by atoms with E-state index in [1.54, 1.807) is 27.5 Å². The van der Waals surface area contributed by atoms with Gasteiger partial charge in [0.15, 0.2) is 11.5 Å². The molecular weight excluding hydrogens is 370 g/mol. The second kappa shape index (κ2) is 7.95. The molecule has 1 amide bonds. The zero-order chi connectivity index (χ0) is 20.4. The van der Waals surface area contributed by atoms with Gasteiger partial charge in [-0.2, -0.15) is 0 Å². The molecule has 4 rings (SSSR count). The number of carbonyl (C=O) groups excluding carboxylic acids is 1. The van der Waals surface area contributed by atoms with Gasteiger partial charge in [-0.3, -0.25) is 4.79 Å². The van der Waals surface area contributed by atoms with E-state index < -0.39 is 0 Å². The van der Waals surface area contributed by atoms with Crippen molar-refractivity contribution in [3.8, 4) is 17.2 Å². The van der Waals surface area contributed by atoms with Crippen molar-refractivity contribution in [3.05, 3.63) is 48.2 Å². The van der Waals surface area contributed by atoms with Crippen molar-refractivity contribution in [3.63, 3.8) is 0 Å². The number of H-pyrrole nitrogens is 1. The van der Waals surface area contributed by atoms with E-state index in [1.807, 2.05) is 29.2 Å². The first-order valence-corrected chi connectivity index (χ1v) is 9.56. The number of fused-ring (bicyclic) bond motifs is 1. The van der Waals surface area contributed by atoms with Crippen LogP contribution in [0.4, 0.5) is 5.69 Å². The quantitative estimate of drug-likeness (QED) is 0.719. The van der Waals surface area contributed by atoms with Crippen molar-refractivity contribution in [1.29, 1.82) is 0 Å². The first-order valence-electron chi connectivity index (χ1n) is 9.56. The first kappa shape index (κ1) is 19.0. The van der Waals surface area contributed by atoms with Crippen molar-refractivity contribution < 1.29 is 19.0 Å². The molecule has 1 aliphatic rings. The number of aromatic amines is 1. The number of ether oxygens (including phenoxy) is 3. The molecule has 2 heterocycles. The number of amides is 1. The Hall–Kier alpha value is -3.35. The number of carbonyl (C=O) groups is 1. The molecule has 3 aromatic rings. The summed E-state index contributed by atoms with van der Waals surface area (Å²) in [6.45, 7) is 2.92. The van der Waals surface area contributed by atoms with Crippen LogP contribution < -0.4 is 19.1 Å². The lowest BCUT2D eigenvalue weighted by molar-refractivity contribution is 0.0749. The largest absolute Gasteiger partial charge is 0.497 e. The Labute approximate surface area is 169 Å². The second-order valence-electron chi connectivity index (χ2n) is 6.93. The molecule has 7 heteroatoms. The highest BCUT2D eigenvalue weighted by Crippen LogP contribution is 2.34. The van der Waals surface area contributed by atoms with Gasteiger partial charge >= 0.3 is 0 Å². The molecule has 1 fully saturated rings. The third-order valence-electron chi connectivity index (χ3n) is 5.42. The van der Waals surface area contributed by atoms with E-state index in [-0.39, 0.29) is 5.91 Å². The molecule has 1 N–H and O–H groups in total. The van der Waals surface area contributed by atoms with E-state index in [9.17, 15) is 4.79 Å². The monoisotopic (exact) mass is 395 g/mol. The van der Waals surface area contributed by atoms with Gasteiger partial charge in [0.25, 0.3) is 5.91 Å². The Kier molecular flexibility index (Phi) is 5.20. The molecule has 1 aromatic heterocycles. The molecule has 0 aliphatic carbocycles. The van der Waals surface area contributed by atoms with Gasteiger partial charge in [-0.05, 0) is 30.3 Å². The lowest BCUT2D eigenvalue weighted by Gasteiger charge is -2.36. The van der Waals surface area contributed by atoms with E-state index >= 15 is 0 Å². The zero-order valence-corrected chi connectivity index (χ0v) is 16.9. The maximum absolute atomic E-state index is 13.2. The minimum atomic E-state index is 0.0258. The molecule has 0 atom stereocenters. The molecule has 0 unspecified atom stereocenters. The summed E-state index contributed by atoms with van der Waals surface area (Å²) in [4.78, 5) is 20.5. The Morgan fingerprint density at radius 3 is 2.17 bits per heavy atom. The highest BCUT2D eigenvalue weighted by Gasteiger charge is 2.25. The Morgan fingerprint density at radius 2 is 1.55 bits per heavy atom. The van der Waals surface area contributed by atoms with Crippen LogP contribution in [0.1, 0.15) is 10.4 Å². The minimum Gasteiger partial charge on any atom is -0.497 e. The first-order chi connectivity index (χ1) is 14.1. The molecule has 2 aromatic carbocycles. The maximum atomic E-state index is 13.2. The van der Waals surface area contributed by atoms with Crippen LogP contribution >= 0.6 is 0 Å². The summed E-state index contributed by atoms with van der Waals surface area (Å²) in [6.07, 6.45) is 1.77. The summed E-state index contributed by atoms with van der Waals surface area (Å²) in [5.74, 6) is 2.11. The Balaban J connectivity index is 1.49. The highest BCUT2D eigenvalue weighted by atomic mass is 16.5. The number of anilines is 1. The number of nitrogens with one attached hydrogen (secondary N) is 1. The van der Waals surface area contributed by atoms with Gasteiger partial charge in [0.05, 0.1) is 32.4 Å². The van der Waals surface area contributed by atoms with Crippen LogP contribution in [0.5, 0.6) is 17.2 Å². The average Bonchev–Trinajstić information content (AvgIpc) is 3.20. The molecule has 0 bridgehead atoms. The average molecular weight is 395 g/mol. The van der Waals surface area contributed by atoms with Gasteiger partial charge in [-0.1, -0.05) is 0 Å². The number of aromatic nitrogens is 1. The van der Waals surface area contributed by atoms with Crippen LogP contribution in [-0.2, 0) is 0 Å². The summed E-state index contributed by atoms with van der Waals surface area (Å²) in [6, 6.07) is 11.7. The third-order valence-corrected chi connectivity index (χ3v) is 5.42. The predicted octanol–water partition coefficient (Wildman–Crippen LogP) is 3.16. The zero-order valence-electron chi connectivity index (χ0n) is 16.9. The molecule has 1 aliphatic heterocycles. The fourth-order valence-electron chi connectivity index (χ4n) is 3.76. The fourth-order valence-corrected chi connectivity index (χ4v) is 3.76. The smallest absolute Gasteiger partial charge is 0.256 e. The van der Waals surface area contributed by atoms with Gasteiger partial charge in [0, 0.05) is 49.5 Å². The summed E-state index contributed by atoms with van der Waals surface area (Å²) in [7, 11) is 4.85. The van der Waals surface area contributed by atoms with Gasteiger partial charge in [0.2, 0.25) is 0 Å². The Morgan fingerprint density at radius 1 is 0.897 bits per heavy atom. The number of piperazine rings is 1. The number of rotatable bonds is 5. The van der Waals surface area contributed by atoms with Crippen LogP contribution in [-0.4, -0.2) is 63.3 Å². The number of hydrogen-bond donors (Lipinski definition) is 1. The Bertz CT molecular complexity index is 1000. The normalized spacial score (nSPS) is 14.2. The van der Waals surface area contributed by atoms with Crippen molar-refractivity contribution >= 4 is 22.5 Å². The molecule has 7 nitrogen and oxygen atoms in total. The molecule has 1 saturated heterocycles. The number of benzene rings is 2. The molecule has 0 radical (unpaired) electrons. The van der Waals surface area contributed by atoms with E-state index in [0.717, 1.165) is 35.4 Å². The summed E-state index contributed by atoms with van der Waals surface area (Å²) < 4.78 is 16.0. The van der Waals surface area contributed by atoms with Crippen LogP contribution in [0.3, 0.4) is 0 Å². The van der Waals surface area contributed by atoms with Gasteiger partial charge < -0.3 is 29.0 Å². The summed E-state index contributed by atoms with van der Waals surface area (Å²) >= 11 is 0. The second-order valence-corrected chi connectivity index (χ2v) is 6.93. The maximum Gasteiger partial charge on any atom is 0.256 e. The SMILES string of the molecule is COc1ccc(N2CCN(C(=O)c3c[nH]c4cc(OC)c(OC)cc34)CC2)cc1. The highest BCUT2D eigenvalue weighted by molar-refractivity contribution is 6.07. The summed E-state index contributed by atoms with van der Waals surface area (Å²) in [5, 5.41) is 0.838. The topological polar surface area (TPSA) is 67.0 Å². The third kappa shape index (κ3) is 3.55. The number of hydrogen-bond acceptors (Lipinski definition) is 5. The lowest BCUT2D eigenvalue weighted by Crippen LogP contribution is -2.48. The van der Waals surface area contributed by atoms with E-state index in [0.29, 0.717) is 30.2 Å². The lowest BCUT2D eigenvalue weighted by atomic mass is 10.1.